The number of fused-ring (bicyclic) bond motifs is 3. The van der Waals surface area contributed by atoms with Crippen molar-refractivity contribution in [2.75, 3.05) is 33.2 Å². The first kappa shape index (κ1) is 14.3. The summed E-state index contributed by atoms with van der Waals surface area (Å²) in [6.07, 6.45) is 2.66. The van der Waals surface area contributed by atoms with E-state index in [1.54, 1.807) is 0 Å². The predicted octanol–water partition coefficient (Wildman–Crippen LogP) is 1.78. The van der Waals surface area contributed by atoms with Crippen LogP contribution in [-0.2, 0) is 0 Å². The van der Waals surface area contributed by atoms with Gasteiger partial charge < -0.3 is 10.6 Å². The molecule has 2 N–H and O–H groups in total. The Balaban J connectivity index is 2.22. The van der Waals surface area contributed by atoms with Crippen LogP contribution in [0.5, 0.6) is 0 Å². The van der Waals surface area contributed by atoms with Crippen LogP contribution >= 0.6 is 0 Å². The van der Waals surface area contributed by atoms with E-state index in [0.717, 1.165) is 12.5 Å². The van der Waals surface area contributed by atoms with Gasteiger partial charge in [0.25, 0.3) is 0 Å². The van der Waals surface area contributed by atoms with Crippen LogP contribution < -0.4 is 5.73 Å². The fourth-order valence-corrected chi connectivity index (χ4v) is 3.89. The molecule has 2 atom stereocenters. The lowest BCUT2D eigenvalue weighted by Gasteiger charge is -2.59. The summed E-state index contributed by atoms with van der Waals surface area (Å²) in [7, 11) is 2.30. The standard InChI is InChI=1S/C15H31N3/c1-12(14(2,3)4)17(5)15(10-16)11-18-8-6-13(15)7-9-18/h12-13H,6-11,16H2,1-5H3. The Labute approximate surface area is 113 Å². The molecule has 0 aromatic rings. The van der Waals surface area contributed by atoms with Gasteiger partial charge in [-0.2, -0.15) is 0 Å². The minimum absolute atomic E-state index is 0.212. The van der Waals surface area contributed by atoms with Gasteiger partial charge in [0.05, 0.1) is 0 Å². The van der Waals surface area contributed by atoms with E-state index >= 15 is 0 Å². The molecule has 0 aromatic carbocycles. The van der Waals surface area contributed by atoms with Gasteiger partial charge in [-0.25, -0.2) is 0 Å². The van der Waals surface area contributed by atoms with E-state index in [0.29, 0.717) is 11.5 Å². The van der Waals surface area contributed by atoms with Crippen molar-refractivity contribution in [1.29, 1.82) is 0 Å². The van der Waals surface area contributed by atoms with E-state index in [1.165, 1.54) is 32.5 Å². The molecule has 3 heteroatoms. The Hall–Kier alpha value is -0.120. The summed E-state index contributed by atoms with van der Waals surface area (Å²) in [5.74, 6) is 0.794. The Morgan fingerprint density at radius 2 is 1.89 bits per heavy atom. The van der Waals surface area contributed by atoms with Gasteiger partial charge in [0, 0.05) is 24.7 Å². The lowest BCUT2D eigenvalue weighted by molar-refractivity contribution is -0.0865. The minimum atomic E-state index is 0.212. The fraction of sp³-hybridized carbons (Fsp3) is 1.00. The number of nitrogens with zero attached hydrogens (tertiary/aromatic N) is 2. The second-order valence-electron chi connectivity index (χ2n) is 7.51. The summed E-state index contributed by atoms with van der Waals surface area (Å²) in [4.78, 5) is 5.21. The van der Waals surface area contributed by atoms with Crippen molar-refractivity contribution in [3.05, 3.63) is 0 Å². The second kappa shape index (κ2) is 4.77. The summed E-state index contributed by atoms with van der Waals surface area (Å²) in [5.41, 5.74) is 6.76. The highest BCUT2D eigenvalue weighted by molar-refractivity contribution is 5.07. The Morgan fingerprint density at radius 3 is 2.22 bits per heavy atom. The molecule has 0 aromatic heterocycles. The van der Waals surface area contributed by atoms with E-state index in [-0.39, 0.29) is 5.54 Å². The van der Waals surface area contributed by atoms with Crippen LogP contribution in [0.15, 0.2) is 0 Å². The molecule has 3 aliphatic rings. The number of hydrogen-bond acceptors (Lipinski definition) is 3. The Morgan fingerprint density at radius 1 is 1.33 bits per heavy atom. The van der Waals surface area contributed by atoms with Crippen molar-refractivity contribution in [3.63, 3.8) is 0 Å². The first-order valence-corrected chi connectivity index (χ1v) is 7.46. The van der Waals surface area contributed by atoms with Gasteiger partial charge in [-0.1, -0.05) is 20.8 Å². The molecule has 0 amide bonds. The average Bonchev–Trinajstić information content (AvgIpc) is 2.36. The van der Waals surface area contributed by atoms with Crippen LogP contribution in [0.25, 0.3) is 0 Å². The third kappa shape index (κ3) is 2.21. The summed E-state index contributed by atoms with van der Waals surface area (Å²) in [5, 5.41) is 0. The number of nitrogens with two attached hydrogens (primary N) is 1. The van der Waals surface area contributed by atoms with Gasteiger partial charge in [0.2, 0.25) is 0 Å². The molecular formula is C15H31N3. The number of hydrogen-bond donors (Lipinski definition) is 1. The average molecular weight is 253 g/mol. The quantitative estimate of drug-likeness (QED) is 0.832. The van der Waals surface area contributed by atoms with E-state index < -0.39 is 0 Å². The number of piperidine rings is 3. The Kier molecular flexibility index (Phi) is 3.79. The van der Waals surface area contributed by atoms with Crippen LogP contribution in [-0.4, -0.2) is 54.6 Å². The van der Waals surface area contributed by atoms with E-state index in [1.807, 2.05) is 0 Å². The van der Waals surface area contributed by atoms with Gasteiger partial charge in [-0.15, -0.1) is 0 Å². The number of rotatable bonds is 3. The predicted molar refractivity (Wildman–Crippen MR) is 77.6 cm³/mol. The molecular weight excluding hydrogens is 222 g/mol. The van der Waals surface area contributed by atoms with Gasteiger partial charge in [-0.3, -0.25) is 4.90 Å². The maximum absolute atomic E-state index is 6.24. The zero-order valence-corrected chi connectivity index (χ0v) is 12.9. The van der Waals surface area contributed by atoms with Crippen molar-refractivity contribution >= 4 is 0 Å². The van der Waals surface area contributed by atoms with Crippen molar-refractivity contribution in [1.82, 2.24) is 9.80 Å². The summed E-state index contributed by atoms with van der Waals surface area (Å²) in [6, 6.07) is 0.557. The topological polar surface area (TPSA) is 32.5 Å². The molecule has 0 saturated carbocycles. The molecule has 3 rings (SSSR count). The minimum Gasteiger partial charge on any atom is -0.329 e. The molecule has 0 aliphatic carbocycles. The highest BCUT2D eigenvalue weighted by atomic mass is 15.3. The van der Waals surface area contributed by atoms with Crippen molar-refractivity contribution < 1.29 is 0 Å². The van der Waals surface area contributed by atoms with Crippen molar-refractivity contribution in [2.24, 2.45) is 17.1 Å². The smallest absolute Gasteiger partial charge is 0.0487 e. The first-order valence-electron chi connectivity index (χ1n) is 7.46. The fourth-order valence-electron chi connectivity index (χ4n) is 3.89. The molecule has 3 aliphatic heterocycles. The molecule has 3 saturated heterocycles. The van der Waals surface area contributed by atoms with Gasteiger partial charge in [0.15, 0.2) is 0 Å². The molecule has 106 valence electrons. The molecule has 3 nitrogen and oxygen atoms in total. The molecule has 0 spiro atoms. The second-order valence-corrected chi connectivity index (χ2v) is 7.51. The lowest BCUT2D eigenvalue weighted by atomic mass is 9.70. The Bertz CT molecular complexity index is 289. The van der Waals surface area contributed by atoms with E-state index in [9.17, 15) is 0 Å². The largest absolute Gasteiger partial charge is 0.329 e. The highest BCUT2D eigenvalue weighted by Crippen LogP contribution is 2.41. The summed E-state index contributed by atoms with van der Waals surface area (Å²) < 4.78 is 0. The summed E-state index contributed by atoms with van der Waals surface area (Å²) in [6.45, 7) is 13.9. The molecule has 2 unspecified atom stereocenters. The number of likely N-dealkylation sites (N-methyl/N-ethyl adjacent to an activating group) is 1. The van der Waals surface area contributed by atoms with Gasteiger partial charge in [-0.05, 0) is 51.2 Å². The van der Waals surface area contributed by atoms with E-state index in [2.05, 4.69) is 44.5 Å². The zero-order chi connectivity index (χ0) is 13.6. The third-order valence-corrected chi connectivity index (χ3v) is 5.74. The normalized spacial score (nSPS) is 38.2. The van der Waals surface area contributed by atoms with Crippen LogP contribution in [0.3, 0.4) is 0 Å². The van der Waals surface area contributed by atoms with Crippen LogP contribution in [0.4, 0.5) is 0 Å². The highest BCUT2D eigenvalue weighted by Gasteiger charge is 2.50. The zero-order valence-electron chi connectivity index (χ0n) is 12.9. The third-order valence-electron chi connectivity index (χ3n) is 5.74. The lowest BCUT2D eigenvalue weighted by Crippen LogP contribution is -2.71. The maximum atomic E-state index is 6.24. The molecule has 3 fully saturated rings. The monoisotopic (exact) mass is 253 g/mol. The molecule has 2 bridgehead atoms. The van der Waals surface area contributed by atoms with Gasteiger partial charge in [0.1, 0.15) is 0 Å². The van der Waals surface area contributed by atoms with Crippen molar-refractivity contribution in [3.8, 4) is 0 Å². The SMILES string of the molecule is CC(N(C)C1(CN)CN2CCC1CC2)C(C)(C)C. The van der Waals surface area contributed by atoms with E-state index in [4.69, 9.17) is 5.73 Å². The first-order chi connectivity index (χ1) is 8.31. The van der Waals surface area contributed by atoms with Crippen LogP contribution in [0.1, 0.15) is 40.5 Å². The maximum Gasteiger partial charge on any atom is 0.0487 e. The summed E-state index contributed by atoms with van der Waals surface area (Å²) >= 11 is 0. The molecule has 3 heterocycles. The van der Waals surface area contributed by atoms with Crippen LogP contribution in [0.2, 0.25) is 0 Å². The van der Waals surface area contributed by atoms with Crippen LogP contribution in [0, 0.1) is 11.3 Å². The molecule has 0 radical (unpaired) electrons. The molecule has 18 heavy (non-hydrogen) atoms. The van der Waals surface area contributed by atoms with Gasteiger partial charge >= 0.3 is 0 Å². The van der Waals surface area contributed by atoms with Crippen molar-refractivity contribution in [2.45, 2.75) is 52.1 Å².